The van der Waals surface area contributed by atoms with E-state index in [2.05, 4.69) is 23.7 Å². The lowest BCUT2D eigenvalue weighted by Gasteiger charge is -1.89. The number of hydrogen-bond donors (Lipinski definition) is 0. The van der Waals surface area contributed by atoms with Crippen molar-refractivity contribution in [2.75, 3.05) is 12.5 Å². The Morgan fingerprint density at radius 3 is 1.50 bits per heavy atom. The van der Waals surface area contributed by atoms with Gasteiger partial charge in [0.05, 0.1) is 11.1 Å². The summed E-state index contributed by atoms with van der Waals surface area (Å²) in [6.45, 7) is 0. The van der Waals surface area contributed by atoms with Gasteiger partial charge in [-0.25, -0.2) is 0 Å². The molecule has 0 amide bonds. The standard InChI is InChI=1S/C22H14O2S2/c1-25-21-17(15-9-5-7-13-19(15)23-21)11-3-4-12-18-16-10-6-8-14-20(16)24-22(18)26-2/h5-10,13-14H,1-2H3. The van der Waals surface area contributed by atoms with E-state index >= 15 is 0 Å². The van der Waals surface area contributed by atoms with E-state index in [0.29, 0.717) is 0 Å². The highest BCUT2D eigenvalue weighted by atomic mass is 32.2. The predicted molar refractivity (Wildman–Crippen MR) is 110 cm³/mol. The predicted octanol–water partition coefficient (Wildman–Crippen LogP) is 6.03. The van der Waals surface area contributed by atoms with Crippen LogP contribution in [0.15, 0.2) is 67.5 Å². The van der Waals surface area contributed by atoms with Gasteiger partial charge in [-0.1, -0.05) is 47.8 Å². The second-order valence-corrected chi connectivity index (χ2v) is 6.99. The van der Waals surface area contributed by atoms with Gasteiger partial charge in [-0.15, -0.1) is 0 Å². The molecule has 126 valence electrons. The third kappa shape index (κ3) is 2.99. The summed E-state index contributed by atoms with van der Waals surface area (Å²) in [5.41, 5.74) is 3.48. The highest BCUT2D eigenvalue weighted by Crippen LogP contribution is 2.32. The fraction of sp³-hybridized carbons (Fsp3) is 0.0909. The molecule has 0 bridgehead atoms. The van der Waals surface area contributed by atoms with Gasteiger partial charge in [0.1, 0.15) is 11.2 Å². The lowest BCUT2D eigenvalue weighted by atomic mass is 10.2. The first-order chi connectivity index (χ1) is 12.8. The van der Waals surface area contributed by atoms with Crippen molar-refractivity contribution in [1.29, 1.82) is 0 Å². The zero-order valence-corrected chi connectivity index (χ0v) is 15.9. The zero-order chi connectivity index (χ0) is 17.9. The molecule has 0 aliphatic rings. The van der Waals surface area contributed by atoms with Crippen LogP contribution in [0.4, 0.5) is 0 Å². The van der Waals surface area contributed by atoms with E-state index in [4.69, 9.17) is 8.83 Å². The number of hydrogen-bond acceptors (Lipinski definition) is 4. The highest BCUT2D eigenvalue weighted by Gasteiger charge is 2.11. The number of rotatable bonds is 2. The average Bonchev–Trinajstić information content (AvgIpc) is 3.23. The van der Waals surface area contributed by atoms with Gasteiger partial charge >= 0.3 is 0 Å². The Morgan fingerprint density at radius 1 is 0.654 bits per heavy atom. The molecule has 2 nitrogen and oxygen atoms in total. The van der Waals surface area contributed by atoms with Crippen LogP contribution in [0.2, 0.25) is 0 Å². The molecule has 2 aromatic carbocycles. The molecule has 4 aromatic rings. The van der Waals surface area contributed by atoms with Crippen molar-refractivity contribution in [3.63, 3.8) is 0 Å². The molecular weight excluding hydrogens is 360 g/mol. The van der Waals surface area contributed by atoms with Crippen LogP contribution in [-0.2, 0) is 0 Å². The fourth-order valence-electron chi connectivity index (χ4n) is 2.76. The van der Waals surface area contributed by atoms with Crippen LogP contribution in [0.1, 0.15) is 11.1 Å². The Kier molecular flexibility index (Phi) is 4.71. The van der Waals surface area contributed by atoms with Crippen LogP contribution in [0.3, 0.4) is 0 Å². The Hall–Kier alpha value is -2.66. The topological polar surface area (TPSA) is 26.3 Å². The van der Waals surface area contributed by atoms with Gasteiger partial charge in [-0.2, -0.15) is 0 Å². The molecule has 0 spiro atoms. The van der Waals surface area contributed by atoms with E-state index < -0.39 is 0 Å². The summed E-state index contributed by atoms with van der Waals surface area (Å²) < 4.78 is 11.7. The number of fused-ring (bicyclic) bond motifs is 2. The molecule has 4 heteroatoms. The molecule has 0 aliphatic heterocycles. The number of furan rings is 2. The quantitative estimate of drug-likeness (QED) is 0.316. The van der Waals surface area contributed by atoms with Gasteiger partial charge in [0.2, 0.25) is 0 Å². The Labute approximate surface area is 160 Å². The second-order valence-electron chi connectivity index (χ2n) is 5.43. The van der Waals surface area contributed by atoms with Crippen molar-refractivity contribution in [1.82, 2.24) is 0 Å². The van der Waals surface area contributed by atoms with E-state index in [-0.39, 0.29) is 0 Å². The summed E-state index contributed by atoms with van der Waals surface area (Å²) in [5, 5.41) is 3.67. The molecule has 0 saturated carbocycles. The first kappa shape index (κ1) is 16.8. The molecule has 0 unspecified atom stereocenters. The third-order valence-electron chi connectivity index (χ3n) is 3.93. The van der Waals surface area contributed by atoms with Crippen molar-refractivity contribution >= 4 is 45.5 Å². The van der Waals surface area contributed by atoms with Gasteiger partial charge in [-0.3, -0.25) is 0 Å². The molecule has 0 N–H and O–H groups in total. The van der Waals surface area contributed by atoms with Crippen LogP contribution in [0, 0.1) is 23.7 Å². The van der Waals surface area contributed by atoms with Crippen molar-refractivity contribution in [2.45, 2.75) is 10.2 Å². The van der Waals surface area contributed by atoms with E-state index in [1.807, 2.05) is 61.0 Å². The first-order valence-corrected chi connectivity index (χ1v) is 10.4. The smallest absolute Gasteiger partial charge is 0.177 e. The Bertz CT molecular complexity index is 1130. The lowest BCUT2D eigenvalue weighted by molar-refractivity contribution is 0.513. The maximum atomic E-state index is 5.84. The Morgan fingerprint density at radius 2 is 1.08 bits per heavy atom. The van der Waals surface area contributed by atoms with E-state index in [1.54, 1.807) is 23.5 Å². The number of thioether (sulfide) groups is 2. The van der Waals surface area contributed by atoms with Gasteiger partial charge < -0.3 is 8.83 Å². The minimum Gasteiger partial charge on any atom is -0.449 e. The van der Waals surface area contributed by atoms with Gasteiger partial charge in [0.15, 0.2) is 10.2 Å². The van der Waals surface area contributed by atoms with Gasteiger partial charge in [0.25, 0.3) is 0 Å². The molecule has 0 radical (unpaired) electrons. The van der Waals surface area contributed by atoms with Crippen LogP contribution >= 0.6 is 23.5 Å². The normalized spacial score (nSPS) is 10.4. The molecule has 0 atom stereocenters. The molecule has 0 aliphatic carbocycles. The summed E-state index contributed by atoms with van der Waals surface area (Å²) in [6, 6.07) is 15.8. The lowest BCUT2D eigenvalue weighted by Crippen LogP contribution is -1.75. The highest BCUT2D eigenvalue weighted by molar-refractivity contribution is 7.98. The first-order valence-electron chi connectivity index (χ1n) is 7.95. The number of benzene rings is 2. The molecular formula is C22H14O2S2. The average molecular weight is 374 g/mol. The summed E-state index contributed by atoms with van der Waals surface area (Å²) in [6.07, 6.45) is 3.97. The Balaban J connectivity index is 1.75. The van der Waals surface area contributed by atoms with Crippen molar-refractivity contribution in [3.05, 3.63) is 59.7 Å². The summed E-state index contributed by atoms with van der Waals surface area (Å²) in [5.74, 6) is 12.3. The maximum absolute atomic E-state index is 5.84. The minimum atomic E-state index is 0.819. The molecule has 0 fully saturated rings. The minimum absolute atomic E-state index is 0.819. The maximum Gasteiger partial charge on any atom is 0.177 e. The number of para-hydroxylation sites is 2. The van der Waals surface area contributed by atoms with E-state index in [0.717, 1.165) is 43.2 Å². The summed E-state index contributed by atoms with van der Waals surface area (Å²) >= 11 is 3.10. The summed E-state index contributed by atoms with van der Waals surface area (Å²) in [7, 11) is 0. The van der Waals surface area contributed by atoms with Gasteiger partial charge in [0, 0.05) is 10.8 Å². The van der Waals surface area contributed by atoms with Crippen LogP contribution in [-0.4, -0.2) is 12.5 Å². The third-order valence-corrected chi connectivity index (χ3v) is 5.25. The van der Waals surface area contributed by atoms with Crippen molar-refractivity contribution < 1.29 is 8.83 Å². The molecule has 26 heavy (non-hydrogen) atoms. The van der Waals surface area contributed by atoms with E-state index in [9.17, 15) is 0 Å². The van der Waals surface area contributed by atoms with Crippen LogP contribution in [0.25, 0.3) is 21.9 Å². The van der Waals surface area contributed by atoms with Crippen LogP contribution in [0.5, 0.6) is 0 Å². The SMILES string of the molecule is CSc1oc2ccccc2c1C#CC#Cc1c(SC)oc2ccccc12. The molecule has 4 rings (SSSR count). The van der Waals surface area contributed by atoms with E-state index in [1.165, 1.54) is 0 Å². The monoisotopic (exact) mass is 374 g/mol. The van der Waals surface area contributed by atoms with Crippen LogP contribution < -0.4 is 0 Å². The molecule has 2 aromatic heterocycles. The fourth-order valence-corrected chi connectivity index (χ4v) is 3.83. The summed E-state index contributed by atoms with van der Waals surface area (Å²) in [4.78, 5) is 0. The second kappa shape index (κ2) is 7.30. The van der Waals surface area contributed by atoms with Crippen molar-refractivity contribution in [2.24, 2.45) is 0 Å². The largest absolute Gasteiger partial charge is 0.449 e. The van der Waals surface area contributed by atoms with Gasteiger partial charge in [-0.05, 0) is 60.5 Å². The van der Waals surface area contributed by atoms with Crippen molar-refractivity contribution in [3.8, 4) is 23.7 Å². The zero-order valence-electron chi connectivity index (χ0n) is 14.3. The molecule has 2 heterocycles. The molecule has 0 saturated heterocycles.